The van der Waals surface area contributed by atoms with E-state index < -0.39 is 6.03 Å². The molecule has 1 aliphatic carbocycles. The van der Waals surface area contributed by atoms with Gasteiger partial charge < -0.3 is 10.5 Å². The number of hydrogen-bond donors (Lipinski definition) is 2. The summed E-state index contributed by atoms with van der Waals surface area (Å²) in [7, 11) is 1.64. The molecule has 0 bridgehead atoms. The van der Waals surface area contributed by atoms with E-state index in [0.29, 0.717) is 11.0 Å². The van der Waals surface area contributed by atoms with Gasteiger partial charge in [0, 0.05) is 0 Å². The first kappa shape index (κ1) is 12.7. The minimum absolute atomic E-state index is 0.172. The summed E-state index contributed by atoms with van der Waals surface area (Å²) in [5.74, 6) is 1.18. The van der Waals surface area contributed by atoms with Crippen LogP contribution in [0.4, 0.5) is 4.79 Å². The molecule has 18 heavy (non-hydrogen) atoms. The predicted octanol–water partition coefficient (Wildman–Crippen LogP) is 2.10. The van der Waals surface area contributed by atoms with Crippen molar-refractivity contribution in [3.05, 3.63) is 29.8 Å². The van der Waals surface area contributed by atoms with Gasteiger partial charge in [-0.1, -0.05) is 12.1 Å². The predicted molar refractivity (Wildman–Crippen MR) is 66.6 cm³/mol. The first-order valence-corrected chi connectivity index (χ1v) is 6.03. The molecule has 1 aromatic rings. The van der Waals surface area contributed by atoms with Crippen molar-refractivity contribution in [2.24, 2.45) is 5.73 Å². The molecule has 5 heteroatoms. The van der Waals surface area contributed by atoms with Gasteiger partial charge >= 0.3 is 6.03 Å². The molecule has 98 valence electrons. The van der Waals surface area contributed by atoms with Crippen molar-refractivity contribution in [3.63, 3.8) is 0 Å². The fraction of sp³-hybridized carbons (Fsp3) is 0.462. The lowest BCUT2D eigenvalue weighted by molar-refractivity contribution is -0.0730. The third kappa shape index (κ3) is 2.56. The Morgan fingerprint density at radius 1 is 1.39 bits per heavy atom. The number of hydrogen-bond acceptors (Lipinski definition) is 3. The molecule has 1 aromatic carbocycles. The zero-order valence-corrected chi connectivity index (χ0v) is 10.4. The molecular formula is C13H18N2O3. The maximum atomic E-state index is 10.9. The molecule has 0 saturated heterocycles. The number of nitrogens with zero attached hydrogens (tertiary/aromatic N) is 1. The minimum atomic E-state index is -0.782. The number of amides is 2. The smallest absolute Gasteiger partial charge is 0.338 e. The number of hydroxylamine groups is 2. The monoisotopic (exact) mass is 250 g/mol. The van der Waals surface area contributed by atoms with E-state index >= 15 is 0 Å². The normalized spacial score (nSPS) is 22.8. The van der Waals surface area contributed by atoms with Crippen LogP contribution in [-0.2, 0) is 0 Å². The van der Waals surface area contributed by atoms with Crippen LogP contribution in [0.5, 0.6) is 5.75 Å². The molecule has 0 aromatic heterocycles. The maximum Gasteiger partial charge on any atom is 0.338 e. The summed E-state index contributed by atoms with van der Waals surface area (Å²) < 4.78 is 5.11. The van der Waals surface area contributed by atoms with Crippen molar-refractivity contribution >= 4 is 6.03 Å². The van der Waals surface area contributed by atoms with E-state index in [1.165, 1.54) is 5.56 Å². The van der Waals surface area contributed by atoms with Gasteiger partial charge in [-0.2, -0.15) is 0 Å². The van der Waals surface area contributed by atoms with E-state index in [2.05, 4.69) is 0 Å². The molecule has 0 spiro atoms. The second kappa shape index (κ2) is 5.27. The Labute approximate surface area is 106 Å². The Kier molecular flexibility index (Phi) is 3.72. The third-order valence-electron chi connectivity index (χ3n) is 3.56. The molecule has 2 atom stereocenters. The van der Waals surface area contributed by atoms with Crippen molar-refractivity contribution in [1.29, 1.82) is 0 Å². The van der Waals surface area contributed by atoms with E-state index in [9.17, 15) is 10.0 Å². The van der Waals surface area contributed by atoms with E-state index in [4.69, 9.17) is 10.5 Å². The topological polar surface area (TPSA) is 75.8 Å². The van der Waals surface area contributed by atoms with Gasteiger partial charge in [0.25, 0.3) is 0 Å². The van der Waals surface area contributed by atoms with Gasteiger partial charge in [-0.05, 0) is 42.9 Å². The Bertz CT molecular complexity index is 419. The van der Waals surface area contributed by atoms with Crippen LogP contribution in [0, 0.1) is 0 Å². The molecule has 1 saturated carbocycles. The van der Waals surface area contributed by atoms with E-state index in [1.807, 2.05) is 24.3 Å². The largest absolute Gasteiger partial charge is 0.497 e. The van der Waals surface area contributed by atoms with Crippen LogP contribution in [0.25, 0.3) is 0 Å². The van der Waals surface area contributed by atoms with Crippen LogP contribution >= 0.6 is 0 Å². The van der Waals surface area contributed by atoms with Crippen molar-refractivity contribution < 1.29 is 14.7 Å². The van der Waals surface area contributed by atoms with E-state index in [1.54, 1.807) is 7.11 Å². The van der Waals surface area contributed by atoms with Crippen molar-refractivity contribution in [2.45, 2.75) is 31.2 Å². The Hall–Kier alpha value is -1.75. The first-order chi connectivity index (χ1) is 8.61. The fourth-order valence-electron chi connectivity index (χ4n) is 2.54. The minimum Gasteiger partial charge on any atom is -0.497 e. The van der Waals surface area contributed by atoms with Crippen molar-refractivity contribution in [3.8, 4) is 5.75 Å². The second-order valence-corrected chi connectivity index (χ2v) is 4.62. The summed E-state index contributed by atoms with van der Waals surface area (Å²) in [5.41, 5.74) is 6.26. The lowest BCUT2D eigenvalue weighted by Gasteiger charge is -2.20. The standard InChI is InChI=1S/C13H18N2O3/c1-18-12-6-3-9(4-7-12)10-2-5-11(8-10)15(17)13(14)16/h3-4,6-7,10-11,17H,2,5,8H2,1H3,(H2,14,16)/t10-,11-/m0/s1. The van der Waals surface area contributed by atoms with E-state index in [0.717, 1.165) is 25.0 Å². The summed E-state index contributed by atoms with van der Waals surface area (Å²) >= 11 is 0. The zero-order chi connectivity index (χ0) is 13.1. The molecule has 3 N–H and O–H groups in total. The van der Waals surface area contributed by atoms with Gasteiger partial charge in [0.05, 0.1) is 13.2 Å². The van der Waals surface area contributed by atoms with Gasteiger partial charge in [-0.3, -0.25) is 5.21 Å². The highest BCUT2D eigenvalue weighted by Gasteiger charge is 2.31. The van der Waals surface area contributed by atoms with Crippen molar-refractivity contribution in [1.82, 2.24) is 5.06 Å². The summed E-state index contributed by atoms with van der Waals surface area (Å²) in [6.45, 7) is 0. The molecule has 1 aliphatic rings. The average Bonchev–Trinajstić information content (AvgIpc) is 2.87. The number of rotatable bonds is 3. The molecular weight excluding hydrogens is 232 g/mol. The van der Waals surface area contributed by atoms with Gasteiger partial charge in [0.2, 0.25) is 0 Å². The van der Waals surface area contributed by atoms with Crippen LogP contribution in [0.15, 0.2) is 24.3 Å². The van der Waals surface area contributed by atoms with Gasteiger partial charge in [0.1, 0.15) is 5.75 Å². The van der Waals surface area contributed by atoms with Crippen LogP contribution in [-0.4, -0.2) is 29.5 Å². The molecule has 0 aliphatic heterocycles. The molecule has 0 unspecified atom stereocenters. The van der Waals surface area contributed by atoms with Crippen LogP contribution in [0.2, 0.25) is 0 Å². The highest BCUT2D eigenvalue weighted by molar-refractivity contribution is 5.70. The van der Waals surface area contributed by atoms with E-state index in [-0.39, 0.29) is 6.04 Å². The van der Waals surface area contributed by atoms with Gasteiger partial charge in [0.15, 0.2) is 0 Å². The summed E-state index contributed by atoms with van der Waals surface area (Å²) in [6, 6.07) is 6.95. The molecule has 5 nitrogen and oxygen atoms in total. The SMILES string of the molecule is COc1ccc([C@H]2CC[C@H](N(O)C(N)=O)C2)cc1. The third-order valence-corrected chi connectivity index (χ3v) is 3.56. The van der Waals surface area contributed by atoms with Gasteiger partial charge in [-0.15, -0.1) is 0 Å². The highest BCUT2D eigenvalue weighted by atomic mass is 16.5. The average molecular weight is 250 g/mol. The number of carbonyl (C=O) groups excluding carboxylic acids is 1. The number of ether oxygens (including phenoxy) is 1. The van der Waals surface area contributed by atoms with Crippen LogP contribution in [0.3, 0.4) is 0 Å². The zero-order valence-electron chi connectivity index (χ0n) is 10.4. The number of primary amides is 1. The second-order valence-electron chi connectivity index (χ2n) is 4.62. The first-order valence-electron chi connectivity index (χ1n) is 6.03. The summed E-state index contributed by atoms with van der Waals surface area (Å²) in [5, 5.41) is 10.2. The van der Waals surface area contributed by atoms with Gasteiger partial charge in [-0.25, -0.2) is 9.86 Å². The maximum absolute atomic E-state index is 10.9. The van der Waals surface area contributed by atoms with Crippen molar-refractivity contribution in [2.75, 3.05) is 7.11 Å². The number of carbonyl (C=O) groups is 1. The van der Waals surface area contributed by atoms with Crippen LogP contribution in [0.1, 0.15) is 30.7 Å². The number of urea groups is 1. The number of benzene rings is 1. The summed E-state index contributed by atoms with van der Waals surface area (Å²) in [4.78, 5) is 10.9. The molecule has 0 heterocycles. The Morgan fingerprint density at radius 3 is 2.61 bits per heavy atom. The fourth-order valence-corrected chi connectivity index (χ4v) is 2.54. The molecule has 2 amide bonds. The Morgan fingerprint density at radius 2 is 2.06 bits per heavy atom. The molecule has 1 fully saturated rings. The van der Waals surface area contributed by atoms with Crippen LogP contribution < -0.4 is 10.5 Å². The highest BCUT2D eigenvalue weighted by Crippen LogP contribution is 2.36. The number of methoxy groups -OCH3 is 1. The quantitative estimate of drug-likeness (QED) is 0.637. The lowest BCUT2D eigenvalue weighted by atomic mass is 9.97. The molecule has 2 rings (SSSR count). The lowest BCUT2D eigenvalue weighted by Crippen LogP contribution is -2.39. The molecule has 0 radical (unpaired) electrons. The number of nitrogens with two attached hydrogens (primary N) is 1. The summed E-state index contributed by atoms with van der Waals surface area (Å²) in [6.07, 6.45) is 2.46. The Balaban J connectivity index is 2.01.